The van der Waals surface area contributed by atoms with Crippen LogP contribution >= 0.6 is 15.9 Å². The van der Waals surface area contributed by atoms with Gasteiger partial charge in [0.1, 0.15) is 0 Å². The Kier molecular flexibility index (Phi) is 4.96. The van der Waals surface area contributed by atoms with E-state index in [-0.39, 0.29) is 11.9 Å². The van der Waals surface area contributed by atoms with E-state index in [0.29, 0.717) is 13.1 Å². The van der Waals surface area contributed by atoms with Crippen molar-refractivity contribution in [1.82, 2.24) is 9.80 Å². The number of halogens is 1. The van der Waals surface area contributed by atoms with Gasteiger partial charge in [0.25, 0.3) is 0 Å². The van der Waals surface area contributed by atoms with Gasteiger partial charge in [-0.05, 0) is 24.1 Å². The Bertz CT molecular complexity index is 435. The van der Waals surface area contributed by atoms with Gasteiger partial charge in [-0.25, -0.2) is 0 Å². The molecule has 2 rings (SSSR count). The second-order valence-corrected chi connectivity index (χ2v) is 5.86. The first-order valence-electron chi connectivity index (χ1n) is 6.55. The van der Waals surface area contributed by atoms with Crippen LogP contribution in [0.3, 0.4) is 0 Å². The molecular weight excluding hydrogens is 306 g/mol. The van der Waals surface area contributed by atoms with Gasteiger partial charge in [0.05, 0.1) is 6.54 Å². The van der Waals surface area contributed by atoms with E-state index in [9.17, 15) is 4.79 Å². The Balaban J connectivity index is 2.16. The summed E-state index contributed by atoms with van der Waals surface area (Å²) in [5.74, 6) is 0.174. The largest absolute Gasteiger partial charge is 0.345 e. The van der Waals surface area contributed by atoms with Crippen molar-refractivity contribution in [2.24, 2.45) is 5.73 Å². The number of carbonyl (C=O) groups excluding carboxylic acids is 1. The lowest BCUT2D eigenvalue weighted by atomic mass is 10.1. The molecule has 1 heterocycles. The van der Waals surface area contributed by atoms with Crippen molar-refractivity contribution in [2.75, 3.05) is 33.2 Å². The van der Waals surface area contributed by atoms with Crippen molar-refractivity contribution in [3.8, 4) is 0 Å². The molecule has 19 heavy (non-hydrogen) atoms. The summed E-state index contributed by atoms with van der Waals surface area (Å²) in [4.78, 5) is 16.0. The lowest BCUT2D eigenvalue weighted by Crippen LogP contribution is -2.39. The van der Waals surface area contributed by atoms with Crippen LogP contribution in [0.1, 0.15) is 18.0 Å². The molecular formula is C14H20BrN3O. The maximum absolute atomic E-state index is 12.0. The zero-order chi connectivity index (χ0) is 13.8. The second kappa shape index (κ2) is 6.50. The number of hydrogen-bond donors (Lipinski definition) is 1. The Labute approximate surface area is 122 Å². The molecule has 1 fully saturated rings. The number of nitrogens with two attached hydrogens (primary N) is 1. The first-order chi connectivity index (χ1) is 9.11. The van der Waals surface area contributed by atoms with Gasteiger partial charge in [0, 0.05) is 37.2 Å². The van der Waals surface area contributed by atoms with Gasteiger partial charge >= 0.3 is 0 Å². The number of amides is 1. The molecule has 1 aliphatic rings. The molecule has 5 heteroatoms. The van der Waals surface area contributed by atoms with Crippen molar-refractivity contribution in [2.45, 2.75) is 12.5 Å². The average Bonchev–Trinajstić information content (AvgIpc) is 2.56. The highest BCUT2D eigenvalue weighted by Gasteiger charge is 2.25. The standard InChI is InChI=1S/C14H20BrN3O/c1-17-7-2-8-18(10-14(17)19)13(9-16)11-3-5-12(15)6-4-11/h3-6,13H,2,7-10,16H2,1H3. The Morgan fingerprint density at radius 3 is 2.63 bits per heavy atom. The maximum Gasteiger partial charge on any atom is 0.236 e. The molecule has 1 aromatic carbocycles. The van der Waals surface area contributed by atoms with Gasteiger partial charge in [-0.3, -0.25) is 9.69 Å². The van der Waals surface area contributed by atoms with E-state index in [0.717, 1.165) is 24.0 Å². The third kappa shape index (κ3) is 3.55. The first kappa shape index (κ1) is 14.5. The molecule has 1 amide bonds. The number of hydrogen-bond acceptors (Lipinski definition) is 3. The molecule has 0 aliphatic carbocycles. The predicted molar refractivity (Wildman–Crippen MR) is 79.8 cm³/mol. The van der Waals surface area contributed by atoms with Crippen LogP contribution in [0.25, 0.3) is 0 Å². The van der Waals surface area contributed by atoms with Crippen molar-refractivity contribution < 1.29 is 4.79 Å². The quantitative estimate of drug-likeness (QED) is 0.918. The molecule has 1 atom stereocenters. The normalized spacial score (nSPS) is 19.3. The van der Waals surface area contributed by atoms with Crippen molar-refractivity contribution >= 4 is 21.8 Å². The van der Waals surface area contributed by atoms with E-state index in [1.54, 1.807) is 4.90 Å². The van der Waals surface area contributed by atoms with E-state index in [2.05, 4.69) is 33.0 Å². The van der Waals surface area contributed by atoms with Crippen LogP contribution in [0, 0.1) is 0 Å². The summed E-state index contributed by atoms with van der Waals surface area (Å²) in [6.45, 7) is 2.72. The van der Waals surface area contributed by atoms with E-state index in [1.165, 1.54) is 5.56 Å². The third-order valence-corrected chi connectivity index (χ3v) is 4.15. The number of carbonyl (C=O) groups is 1. The highest BCUT2D eigenvalue weighted by Crippen LogP contribution is 2.23. The summed E-state index contributed by atoms with van der Waals surface area (Å²) in [7, 11) is 1.86. The number of likely N-dealkylation sites (N-methyl/N-ethyl adjacent to an activating group) is 1. The molecule has 0 aromatic heterocycles. The summed E-state index contributed by atoms with van der Waals surface area (Å²) >= 11 is 3.44. The molecule has 0 spiro atoms. The van der Waals surface area contributed by atoms with Gasteiger partial charge in [-0.15, -0.1) is 0 Å². The maximum atomic E-state index is 12.0. The monoisotopic (exact) mass is 325 g/mol. The Morgan fingerprint density at radius 2 is 2.00 bits per heavy atom. The minimum atomic E-state index is 0.114. The van der Waals surface area contributed by atoms with E-state index < -0.39 is 0 Å². The fourth-order valence-electron chi connectivity index (χ4n) is 2.46. The van der Waals surface area contributed by atoms with E-state index >= 15 is 0 Å². The molecule has 0 radical (unpaired) electrons. The molecule has 4 nitrogen and oxygen atoms in total. The molecule has 1 aliphatic heterocycles. The van der Waals surface area contributed by atoms with Gasteiger partial charge < -0.3 is 10.6 Å². The summed E-state index contributed by atoms with van der Waals surface area (Å²) in [5, 5.41) is 0. The number of rotatable bonds is 3. The fourth-order valence-corrected chi connectivity index (χ4v) is 2.72. The first-order valence-corrected chi connectivity index (χ1v) is 7.34. The topological polar surface area (TPSA) is 49.6 Å². The van der Waals surface area contributed by atoms with Crippen LogP contribution in [0.2, 0.25) is 0 Å². The summed E-state index contributed by atoms with van der Waals surface area (Å²) < 4.78 is 1.05. The zero-order valence-corrected chi connectivity index (χ0v) is 12.8. The molecule has 1 saturated heterocycles. The van der Waals surface area contributed by atoms with Crippen molar-refractivity contribution in [3.05, 3.63) is 34.3 Å². The Hall–Kier alpha value is -0.910. The lowest BCUT2D eigenvalue weighted by Gasteiger charge is -2.29. The van der Waals surface area contributed by atoms with Gasteiger partial charge in [0.2, 0.25) is 5.91 Å². The van der Waals surface area contributed by atoms with Crippen LogP contribution in [-0.4, -0.2) is 48.9 Å². The van der Waals surface area contributed by atoms with Gasteiger partial charge in [0.15, 0.2) is 0 Å². The third-order valence-electron chi connectivity index (χ3n) is 3.62. The molecule has 1 aromatic rings. The minimum absolute atomic E-state index is 0.114. The van der Waals surface area contributed by atoms with E-state index in [1.807, 2.05) is 19.2 Å². The van der Waals surface area contributed by atoms with Crippen LogP contribution in [0.4, 0.5) is 0 Å². The highest BCUT2D eigenvalue weighted by molar-refractivity contribution is 9.10. The number of benzene rings is 1. The molecule has 2 N–H and O–H groups in total. The Morgan fingerprint density at radius 1 is 1.32 bits per heavy atom. The minimum Gasteiger partial charge on any atom is -0.345 e. The average molecular weight is 326 g/mol. The summed E-state index contributed by atoms with van der Waals surface area (Å²) in [5.41, 5.74) is 7.10. The number of nitrogens with zero attached hydrogens (tertiary/aromatic N) is 2. The second-order valence-electron chi connectivity index (χ2n) is 4.94. The predicted octanol–water partition coefficient (Wildman–Crippen LogP) is 1.61. The van der Waals surface area contributed by atoms with Crippen LogP contribution in [-0.2, 0) is 4.79 Å². The summed E-state index contributed by atoms with van der Waals surface area (Å²) in [6, 6.07) is 8.29. The SMILES string of the molecule is CN1CCCN(C(CN)c2ccc(Br)cc2)CC1=O. The van der Waals surface area contributed by atoms with Crippen LogP contribution in [0.5, 0.6) is 0 Å². The molecule has 0 saturated carbocycles. The summed E-state index contributed by atoms with van der Waals surface area (Å²) in [6.07, 6.45) is 0.995. The fraction of sp³-hybridized carbons (Fsp3) is 0.500. The zero-order valence-electron chi connectivity index (χ0n) is 11.2. The smallest absolute Gasteiger partial charge is 0.236 e. The van der Waals surface area contributed by atoms with Crippen molar-refractivity contribution in [1.29, 1.82) is 0 Å². The van der Waals surface area contributed by atoms with Gasteiger partial charge in [-0.2, -0.15) is 0 Å². The van der Waals surface area contributed by atoms with Crippen molar-refractivity contribution in [3.63, 3.8) is 0 Å². The van der Waals surface area contributed by atoms with Crippen LogP contribution < -0.4 is 5.73 Å². The highest BCUT2D eigenvalue weighted by atomic mass is 79.9. The molecule has 104 valence electrons. The van der Waals surface area contributed by atoms with E-state index in [4.69, 9.17) is 5.73 Å². The van der Waals surface area contributed by atoms with Gasteiger partial charge in [-0.1, -0.05) is 28.1 Å². The lowest BCUT2D eigenvalue weighted by molar-refractivity contribution is -0.130. The molecule has 0 bridgehead atoms. The van der Waals surface area contributed by atoms with Crippen LogP contribution in [0.15, 0.2) is 28.7 Å². The molecule has 1 unspecified atom stereocenters.